The topological polar surface area (TPSA) is 189 Å². The van der Waals surface area contributed by atoms with E-state index in [4.69, 9.17) is 9.88 Å². The predicted molar refractivity (Wildman–Crippen MR) is 82.8 cm³/mol. The Hall–Kier alpha value is -2.35. The Labute approximate surface area is 134 Å². The molecule has 11 nitrogen and oxygen atoms in total. The first-order chi connectivity index (χ1) is 10.2. The van der Waals surface area contributed by atoms with Crippen LogP contribution in [0.5, 0.6) is 5.75 Å². The Balaban J connectivity index is 0.000000427. The predicted octanol–water partition coefficient (Wildman–Crippen LogP) is -1.30. The van der Waals surface area contributed by atoms with E-state index >= 15 is 0 Å². The summed E-state index contributed by atoms with van der Waals surface area (Å²) in [5.74, 6) is -0.00498. The van der Waals surface area contributed by atoms with Crippen molar-refractivity contribution >= 4 is 32.4 Å². The Kier molecular flexibility index (Phi) is 8.03. The molecule has 2 rings (SSSR count). The molecule has 2 heterocycles. The number of nitrogens with one attached hydrogen (secondary N) is 2. The summed E-state index contributed by atoms with van der Waals surface area (Å²) in [6.07, 6.45) is 1.56. The third-order valence-corrected chi connectivity index (χ3v) is 4.08. The highest BCUT2D eigenvalue weighted by Gasteiger charge is 2.15. The van der Waals surface area contributed by atoms with Crippen LogP contribution < -0.4 is 20.8 Å². The standard InChI is InChI=1S/C6H7NO2.C4H6N4O3S2.H2O/c1-9-5-3-2-4-7-6(5)8;1-2(9)6-3-7-8-4(12-3)13(5,10)11;/h2-4H,1H3,(H,7,8);1H3,(H2,5,10,11)(H,6,7,9);1H2. The molecule has 0 atom stereocenters. The molecule has 0 unspecified atom stereocenters. The zero-order valence-corrected chi connectivity index (χ0v) is 13.7. The number of hydrogen-bond donors (Lipinski definition) is 3. The van der Waals surface area contributed by atoms with E-state index in [9.17, 15) is 18.0 Å². The fraction of sp³-hybridized carbons (Fsp3) is 0.200. The highest BCUT2D eigenvalue weighted by Crippen LogP contribution is 2.17. The van der Waals surface area contributed by atoms with E-state index < -0.39 is 10.0 Å². The van der Waals surface area contributed by atoms with Gasteiger partial charge in [-0.1, -0.05) is 11.3 Å². The quantitative estimate of drug-likeness (QED) is 0.563. The number of sulfonamides is 1. The lowest BCUT2D eigenvalue weighted by Crippen LogP contribution is -2.11. The average molecular weight is 365 g/mol. The van der Waals surface area contributed by atoms with E-state index in [-0.39, 0.29) is 26.4 Å². The number of carbonyl (C=O) groups is 1. The monoisotopic (exact) mass is 365 g/mol. The summed E-state index contributed by atoms with van der Waals surface area (Å²) in [6.45, 7) is 1.28. The Morgan fingerprint density at radius 2 is 2.09 bits per heavy atom. The molecule has 1 amide bonds. The van der Waals surface area contributed by atoms with Gasteiger partial charge >= 0.3 is 0 Å². The SMILES string of the molecule is CC(=O)Nc1nnc(S(N)(=O)=O)s1.COc1ccc[nH]c1=O.O. The number of carbonyl (C=O) groups excluding carboxylic acids is 1. The molecule has 0 aliphatic rings. The normalized spacial score (nSPS) is 9.87. The van der Waals surface area contributed by atoms with E-state index in [0.717, 1.165) is 0 Å². The number of rotatable bonds is 3. The van der Waals surface area contributed by atoms with Gasteiger partial charge in [-0.25, -0.2) is 13.6 Å². The number of primary sulfonamides is 1. The van der Waals surface area contributed by atoms with Crippen LogP contribution in [0.2, 0.25) is 0 Å². The Bertz CT molecular complexity index is 800. The van der Waals surface area contributed by atoms with Gasteiger partial charge in [-0.3, -0.25) is 9.59 Å². The molecular weight excluding hydrogens is 350 g/mol. The van der Waals surface area contributed by atoms with Gasteiger partial charge < -0.3 is 20.5 Å². The van der Waals surface area contributed by atoms with Crippen LogP contribution in [0.25, 0.3) is 0 Å². The number of ether oxygens (including phenoxy) is 1. The van der Waals surface area contributed by atoms with Gasteiger partial charge in [0, 0.05) is 13.1 Å². The van der Waals surface area contributed by atoms with E-state index in [0.29, 0.717) is 17.1 Å². The van der Waals surface area contributed by atoms with Crippen LogP contribution >= 0.6 is 11.3 Å². The first kappa shape index (κ1) is 20.6. The molecule has 0 aromatic carbocycles. The number of nitrogens with zero attached hydrogens (tertiary/aromatic N) is 2. The van der Waals surface area contributed by atoms with Crippen molar-refractivity contribution in [1.82, 2.24) is 15.2 Å². The smallest absolute Gasteiger partial charge is 0.290 e. The molecule has 0 saturated heterocycles. The first-order valence-electron chi connectivity index (χ1n) is 5.59. The number of aromatic amines is 1. The van der Waals surface area contributed by atoms with Crippen LogP contribution in [-0.2, 0) is 14.8 Å². The highest BCUT2D eigenvalue weighted by atomic mass is 32.2. The summed E-state index contributed by atoms with van der Waals surface area (Å²) in [5, 5.41) is 13.8. The molecule has 0 spiro atoms. The first-order valence-corrected chi connectivity index (χ1v) is 7.96. The maximum Gasteiger partial charge on any atom is 0.290 e. The van der Waals surface area contributed by atoms with Gasteiger partial charge in [0.25, 0.3) is 15.6 Å². The second-order valence-electron chi connectivity index (χ2n) is 3.67. The maximum absolute atomic E-state index is 10.7. The van der Waals surface area contributed by atoms with Crippen molar-refractivity contribution in [1.29, 1.82) is 0 Å². The van der Waals surface area contributed by atoms with Crippen molar-refractivity contribution in [2.45, 2.75) is 11.3 Å². The summed E-state index contributed by atoms with van der Waals surface area (Å²) in [6, 6.07) is 3.32. The lowest BCUT2D eigenvalue weighted by Gasteiger charge is -1.93. The third kappa shape index (κ3) is 6.96. The fourth-order valence-corrected chi connectivity index (χ4v) is 2.47. The van der Waals surface area contributed by atoms with Gasteiger partial charge in [-0.2, -0.15) is 0 Å². The van der Waals surface area contributed by atoms with E-state index in [1.165, 1.54) is 14.0 Å². The number of hydrogen-bond acceptors (Lipinski definition) is 8. The van der Waals surface area contributed by atoms with Gasteiger partial charge in [0.1, 0.15) is 0 Å². The van der Waals surface area contributed by atoms with Crippen LogP contribution in [0, 0.1) is 0 Å². The minimum absolute atomic E-state index is 0. The number of nitrogens with two attached hydrogens (primary N) is 1. The number of amides is 1. The van der Waals surface area contributed by atoms with Crippen LogP contribution in [-0.4, -0.2) is 42.1 Å². The molecule has 6 N–H and O–H groups in total. The van der Waals surface area contributed by atoms with Crippen LogP contribution in [0.3, 0.4) is 0 Å². The molecule has 0 aliphatic heterocycles. The van der Waals surface area contributed by atoms with Crippen LogP contribution in [0.15, 0.2) is 27.5 Å². The van der Waals surface area contributed by atoms with Crippen molar-refractivity contribution < 1.29 is 23.4 Å². The fourth-order valence-electron chi connectivity index (χ4n) is 1.09. The van der Waals surface area contributed by atoms with Crippen LogP contribution in [0.4, 0.5) is 5.13 Å². The number of methoxy groups -OCH3 is 1. The molecule has 0 aliphatic carbocycles. The maximum atomic E-state index is 10.7. The minimum Gasteiger partial charge on any atom is -0.491 e. The molecular formula is C10H15N5O6S2. The molecule has 13 heteroatoms. The molecule has 23 heavy (non-hydrogen) atoms. The second-order valence-corrected chi connectivity index (χ2v) is 6.38. The van der Waals surface area contributed by atoms with Gasteiger partial charge in [-0.15, -0.1) is 10.2 Å². The summed E-state index contributed by atoms with van der Waals surface area (Å²) >= 11 is 0.701. The molecule has 0 saturated carbocycles. The average Bonchev–Trinajstić information content (AvgIpc) is 2.88. The van der Waals surface area contributed by atoms with Crippen molar-refractivity contribution in [2.24, 2.45) is 5.14 Å². The van der Waals surface area contributed by atoms with E-state index in [1.54, 1.807) is 18.3 Å². The lowest BCUT2D eigenvalue weighted by molar-refractivity contribution is -0.114. The summed E-state index contributed by atoms with van der Waals surface area (Å²) in [5.41, 5.74) is -0.194. The molecule has 128 valence electrons. The minimum atomic E-state index is -3.82. The van der Waals surface area contributed by atoms with E-state index in [1.807, 2.05) is 0 Å². The number of pyridine rings is 1. The third-order valence-electron chi connectivity index (χ3n) is 1.93. The Morgan fingerprint density at radius 1 is 1.43 bits per heavy atom. The van der Waals surface area contributed by atoms with Gasteiger partial charge in [0.2, 0.25) is 15.4 Å². The van der Waals surface area contributed by atoms with Gasteiger partial charge in [0.05, 0.1) is 7.11 Å². The van der Waals surface area contributed by atoms with Crippen molar-refractivity contribution in [3.63, 3.8) is 0 Å². The molecule has 0 radical (unpaired) electrons. The molecule has 2 aromatic heterocycles. The van der Waals surface area contributed by atoms with Crippen molar-refractivity contribution in [3.8, 4) is 5.75 Å². The lowest BCUT2D eigenvalue weighted by atomic mass is 10.5. The van der Waals surface area contributed by atoms with Crippen molar-refractivity contribution in [3.05, 3.63) is 28.7 Å². The van der Waals surface area contributed by atoms with Gasteiger partial charge in [-0.05, 0) is 12.1 Å². The summed E-state index contributed by atoms with van der Waals surface area (Å²) < 4.78 is 25.8. The molecule has 0 bridgehead atoms. The number of anilines is 1. The van der Waals surface area contributed by atoms with Gasteiger partial charge in [0.15, 0.2) is 5.75 Å². The zero-order chi connectivity index (χ0) is 16.8. The second kappa shape index (κ2) is 8.94. The Morgan fingerprint density at radius 3 is 2.48 bits per heavy atom. The number of aromatic nitrogens is 3. The van der Waals surface area contributed by atoms with Crippen molar-refractivity contribution in [2.75, 3.05) is 12.4 Å². The molecule has 0 fully saturated rings. The summed E-state index contributed by atoms with van der Waals surface area (Å²) in [4.78, 5) is 23.7. The molecule has 2 aromatic rings. The number of H-pyrrole nitrogens is 1. The summed E-state index contributed by atoms with van der Waals surface area (Å²) in [7, 11) is -2.36. The highest BCUT2D eigenvalue weighted by molar-refractivity contribution is 7.91. The largest absolute Gasteiger partial charge is 0.491 e. The van der Waals surface area contributed by atoms with Crippen LogP contribution in [0.1, 0.15) is 6.92 Å². The van der Waals surface area contributed by atoms with E-state index in [2.05, 4.69) is 20.5 Å². The zero-order valence-electron chi connectivity index (χ0n) is 12.1.